The number of para-hydroxylation sites is 1. The summed E-state index contributed by atoms with van der Waals surface area (Å²) in [6, 6.07) is 11.7. The van der Waals surface area contributed by atoms with Gasteiger partial charge in [-0.3, -0.25) is 22.8 Å². The van der Waals surface area contributed by atoms with Gasteiger partial charge in [0.2, 0.25) is 5.91 Å². The number of hydrogen-bond donors (Lipinski definition) is 2. The summed E-state index contributed by atoms with van der Waals surface area (Å²) in [6.45, 7) is 7.58. The van der Waals surface area contributed by atoms with E-state index in [-0.39, 0.29) is 63.2 Å². The monoisotopic (exact) mass is 516 g/mol. The molecule has 4 rings (SSSR count). The Morgan fingerprint density at radius 1 is 1.26 bits per heavy atom. The number of carbonyl (C=O) groups is 1. The number of carbonyl (C=O) groups excluding carboxylic acids is 2. The Labute approximate surface area is 255 Å². The maximum Gasteiger partial charge on any atom is 1.00 e. The minimum Gasteiger partial charge on any atom is -0.396 e. The van der Waals surface area contributed by atoms with Crippen molar-refractivity contribution in [2.75, 3.05) is 37.8 Å². The molecule has 1 saturated carbocycles. The van der Waals surface area contributed by atoms with Crippen molar-refractivity contribution in [2.45, 2.75) is 32.6 Å². The number of hydrogen-bond acceptors (Lipinski definition) is 6. The average Bonchev–Trinajstić information content (AvgIpc) is 3.24. The van der Waals surface area contributed by atoms with Crippen molar-refractivity contribution in [1.29, 1.82) is 0 Å². The summed E-state index contributed by atoms with van der Waals surface area (Å²) in [5, 5.41) is 6.94. The van der Waals surface area contributed by atoms with Crippen LogP contribution in [0.1, 0.15) is 42.4 Å². The number of anilines is 2. The molecule has 0 unspecified atom stereocenters. The van der Waals surface area contributed by atoms with Crippen LogP contribution < -0.4 is 62.0 Å². The maximum atomic E-state index is 12.1. The number of rotatable bonds is 7. The Morgan fingerprint density at radius 2 is 1.97 bits per heavy atom. The molecule has 0 atom stereocenters. The van der Waals surface area contributed by atoms with Gasteiger partial charge in [0.05, 0.1) is 10.2 Å². The second-order valence-electron chi connectivity index (χ2n) is 8.77. The molecule has 1 aromatic heterocycles. The first-order valence-electron chi connectivity index (χ1n) is 11.6. The second kappa shape index (κ2) is 15.1. The van der Waals surface area contributed by atoms with Crippen molar-refractivity contribution >= 4 is 44.6 Å². The predicted molar refractivity (Wildman–Crippen MR) is 142 cm³/mol. The number of amides is 1. The SMILES string of the molecule is O=C(Nc1nc2ccccc2s1)C1CC[CH-]CC1.[CH2-]c1c(C)cc(NCCN(C)C)cc1[C-]=O.[K+]. The van der Waals surface area contributed by atoms with Gasteiger partial charge in [-0.15, -0.1) is 6.07 Å². The van der Waals surface area contributed by atoms with E-state index in [2.05, 4.69) is 33.9 Å². The van der Waals surface area contributed by atoms with E-state index in [4.69, 9.17) is 0 Å². The predicted octanol–water partition coefficient (Wildman–Crippen LogP) is 2.24. The Balaban J connectivity index is 0.000000242. The molecular weight excluding hydrogens is 483 g/mol. The fourth-order valence-electron chi connectivity index (χ4n) is 3.76. The van der Waals surface area contributed by atoms with Crippen LogP contribution in [0.5, 0.6) is 0 Å². The number of likely N-dealkylation sites (N-methyl/N-ethyl adjacent to an activating group) is 1. The number of nitrogens with zero attached hydrogens (tertiary/aromatic N) is 2. The van der Waals surface area contributed by atoms with Crippen LogP contribution in [0.2, 0.25) is 0 Å². The van der Waals surface area contributed by atoms with E-state index in [1.54, 1.807) is 6.07 Å². The quantitative estimate of drug-likeness (QED) is 0.372. The van der Waals surface area contributed by atoms with Gasteiger partial charge in [0.25, 0.3) is 0 Å². The van der Waals surface area contributed by atoms with Gasteiger partial charge >= 0.3 is 51.4 Å². The van der Waals surface area contributed by atoms with Gasteiger partial charge in [0.15, 0.2) is 5.13 Å². The normalized spacial score (nSPS) is 13.5. The first-order chi connectivity index (χ1) is 16.4. The summed E-state index contributed by atoms with van der Waals surface area (Å²) in [5.74, 6) is 0.282. The first kappa shape index (κ1) is 30.0. The van der Waals surface area contributed by atoms with Crippen LogP contribution in [0.3, 0.4) is 0 Å². The van der Waals surface area contributed by atoms with E-state index < -0.39 is 0 Å². The molecule has 1 fully saturated rings. The van der Waals surface area contributed by atoms with E-state index in [1.165, 1.54) is 11.3 Å². The van der Waals surface area contributed by atoms with Crippen molar-refractivity contribution in [1.82, 2.24) is 9.88 Å². The topological polar surface area (TPSA) is 74.3 Å². The maximum absolute atomic E-state index is 12.1. The van der Waals surface area contributed by atoms with E-state index in [0.29, 0.717) is 5.56 Å². The second-order valence-corrected chi connectivity index (χ2v) is 9.80. The van der Waals surface area contributed by atoms with Crippen molar-refractivity contribution < 1.29 is 61.0 Å². The Kier molecular flexibility index (Phi) is 12.9. The summed E-state index contributed by atoms with van der Waals surface area (Å²) in [4.78, 5) is 29.3. The summed E-state index contributed by atoms with van der Waals surface area (Å²) >= 11 is 1.54. The molecule has 0 bridgehead atoms. The molecule has 0 radical (unpaired) electrons. The van der Waals surface area contributed by atoms with Crippen LogP contribution in [0.4, 0.5) is 10.8 Å². The van der Waals surface area contributed by atoms with Crippen LogP contribution in [0.15, 0.2) is 36.4 Å². The standard InChI is InChI=1S/C14H15N2OS.C13H18N2O.K/c17-13(10-6-2-1-3-7-10)16-14-15-11-8-4-5-9-12(11)18-14;1-10-7-13(14-5-6-15(3)4)8-12(9-16)11(10)2;/h1,4-5,8-10H,2-3,6-7H2,(H,15,16,17);7-8,14H,2,5-6H2,1,3-4H3;/q-1;-2;+1. The van der Waals surface area contributed by atoms with Crippen LogP contribution in [-0.4, -0.2) is 49.3 Å². The average molecular weight is 517 g/mol. The summed E-state index contributed by atoms with van der Waals surface area (Å²) in [7, 11) is 4.05. The number of aryl methyl sites for hydroxylation is 1. The van der Waals surface area contributed by atoms with Crippen LogP contribution in [0.25, 0.3) is 10.2 Å². The molecule has 0 aliphatic heterocycles. The molecule has 0 saturated heterocycles. The van der Waals surface area contributed by atoms with Crippen molar-refractivity contribution in [3.05, 3.63) is 66.4 Å². The first-order valence-corrected chi connectivity index (χ1v) is 12.4. The molecule has 1 aliphatic carbocycles. The number of aromatic nitrogens is 1. The van der Waals surface area contributed by atoms with Crippen LogP contribution in [-0.2, 0) is 9.59 Å². The number of nitrogens with one attached hydrogen (secondary N) is 2. The van der Waals surface area contributed by atoms with E-state index in [1.807, 2.05) is 57.6 Å². The van der Waals surface area contributed by atoms with Gasteiger partial charge < -0.3 is 26.7 Å². The minimum absolute atomic E-state index is 0. The number of thiazole rings is 1. The third kappa shape index (κ3) is 9.28. The van der Waals surface area contributed by atoms with E-state index >= 15 is 0 Å². The minimum atomic E-state index is 0. The molecule has 3 aromatic rings. The van der Waals surface area contributed by atoms with Gasteiger partial charge in [0.1, 0.15) is 0 Å². The largest absolute Gasteiger partial charge is 1.00 e. The molecule has 2 aromatic carbocycles. The van der Waals surface area contributed by atoms with Crippen molar-refractivity contribution in [3.63, 3.8) is 0 Å². The third-order valence-electron chi connectivity index (χ3n) is 5.80. The number of fused-ring (bicyclic) bond motifs is 1. The molecular formula is C27H33KN4O2S-2. The van der Waals surface area contributed by atoms with Gasteiger partial charge in [-0.1, -0.05) is 43.2 Å². The van der Waals surface area contributed by atoms with E-state index in [9.17, 15) is 9.59 Å². The summed E-state index contributed by atoms with van der Waals surface area (Å²) in [6.07, 6.45) is 8.22. The molecule has 1 amide bonds. The summed E-state index contributed by atoms with van der Waals surface area (Å²) < 4.78 is 1.12. The smallest absolute Gasteiger partial charge is 0.396 e. The molecule has 8 heteroatoms. The Morgan fingerprint density at radius 3 is 2.63 bits per heavy atom. The van der Waals surface area contributed by atoms with Gasteiger partial charge in [-0.25, -0.2) is 10.5 Å². The molecule has 0 spiro atoms. The van der Waals surface area contributed by atoms with Gasteiger partial charge in [-0.2, -0.15) is 18.9 Å². The van der Waals surface area contributed by atoms with Crippen LogP contribution in [0, 0.1) is 26.2 Å². The fourth-order valence-corrected chi connectivity index (χ4v) is 4.62. The van der Waals surface area contributed by atoms with Crippen molar-refractivity contribution in [2.24, 2.45) is 5.92 Å². The molecule has 1 aliphatic rings. The third-order valence-corrected chi connectivity index (χ3v) is 6.76. The molecule has 2 N–H and O–H groups in total. The van der Waals surface area contributed by atoms with Crippen molar-refractivity contribution in [3.8, 4) is 0 Å². The van der Waals surface area contributed by atoms with Gasteiger partial charge in [0, 0.05) is 19.0 Å². The molecule has 182 valence electrons. The molecule has 35 heavy (non-hydrogen) atoms. The zero-order valence-corrected chi connectivity index (χ0v) is 25.1. The zero-order chi connectivity index (χ0) is 24.5. The molecule has 6 nitrogen and oxygen atoms in total. The summed E-state index contributed by atoms with van der Waals surface area (Å²) in [5.41, 5.74) is 4.20. The van der Waals surface area contributed by atoms with Gasteiger partial charge in [-0.05, 0) is 38.2 Å². The number of benzene rings is 2. The Bertz CT molecular complexity index is 1080. The molecule has 1 heterocycles. The Hall–Kier alpha value is -1.26. The fraction of sp³-hybridized carbons (Fsp3) is 0.370. The zero-order valence-electron chi connectivity index (χ0n) is 21.2. The van der Waals surface area contributed by atoms with E-state index in [0.717, 1.165) is 70.9 Å². The van der Waals surface area contributed by atoms with Crippen LogP contribution >= 0.6 is 11.3 Å².